The average molecular weight is 257 g/mol. The van der Waals surface area contributed by atoms with Crippen LogP contribution in [0.2, 0.25) is 0 Å². The zero-order chi connectivity index (χ0) is 13.8. The molecule has 0 bridgehead atoms. The van der Waals surface area contributed by atoms with Crippen molar-refractivity contribution in [1.82, 2.24) is 9.80 Å². The highest BCUT2D eigenvalue weighted by molar-refractivity contribution is 5.68. The molecule has 0 aliphatic carbocycles. The van der Waals surface area contributed by atoms with Crippen molar-refractivity contribution in [2.75, 3.05) is 32.7 Å². The minimum Gasteiger partial charge on any atom is -0.444 e. The Hall–Kier alpha value is -0.810. The van der Waals surface area contributed by atoms with Crippen molar-refractivity contribution in [2.45, 2.75) is 45.8 Å². The molecular formula is C13H27N3O2. The largest absolute Gasteiger partial charge is 0.444 e. The number of nitrogens with zero attached hydrogens (tertiary/aromatic N) is 2. The second-order valence-electron chi connectivity index (χ2n) is 5.95. The molecule has 1 unspecified atom stereocenters. The van der Waals surface area contributed by atoms with Crippen LogP contribution in [0.3, 0.4) is 0 Å². The van der Waals surface area contributed by atoms with Crippen molar-refractivity contribution in [3.05, 3.63) is 0 Å². The summed E-state index contributed by atoms with van der Waals surface area (Å²) in [5.74, 6) is 0. The van der Waals surface area contributed by atoms with Gasteiger partial charge in [0.05, 0.1) is 0 Å². The molecule has 0 aromatic carbocycles. The van der Waals surface area contributed by atoms with E-state index in [1.807, 2.05) is 20.8 Å². The Morgan fingerprint density at radius 3 is 2.56 bits per heavy atom. The van der Waals surface area contributed by atoms with Crippen LogP contribution in [0.25, 0.3) is 0 Å². The van der Waals surface area contributed by atoms with Crippen LogP contribution in [0.15, 0.2) is 0 Å². The summed E-state index contributed by atoms with van der Waals surface area (Å²) >= 11 is 0. The summed E-state index contributed by atoms with van der Waals surface area (Å²) in [6.45, 7) is 11.9. The lowest BCUT2D eigenvalue weighted by Crippen LogP contribution is -2.54. The van der Waals surface area contributed by atoms with Gasteiger partial charge in [-0.05, 0) is 47.2 Å². The van der Waals surface area contributed by atoms with Crippen LogP contribution in [-0.2, 0) is 4.74 Å². The summed E-state index contributed by atoms with van der Waals surface area (Å²) in [5, 5.41) is 0. The molecular weight excluding hydrogens is 230 g/mol. The fraction of sp³-hybridized carbons (Fsp3) is 0.923. The summed E-state index contributed by atoms with van der Waals surface area (Å²) in [5.41, 5.74) is 5.11. The Kier molecular flexibility index (Phi) is 5.41. The minimum atomic E-state index is -0.420. The maximum Gasteiger partial charge on any atom is 0.410 e. The number of nitrogens with two attached hydrogens (primary N) is 1. The molecule has 1 atom stereocenters. The van der Waals surface area contributed by atoms with E-state index in [1.54, 1.807) is 4.90 Å². The molecule has 106 valence electrons. The van der Waals surface area contributed by atoms with Gasteiger partial charge in [-0.3, -0.25) is 4.90 Å². The number of hydrogen-bond donors (Lipinski definition) is 1. The third-order valence-electron chi connectivity index (χ3n) is 3.07. The summed E-state index contributed by atoms with van der Waals surface area (Å²) < 4.78 is 5.39. The van der Waals surface area contributed by atoms with Gasteiger partial charge in [0.2, 0.25) is 0 Å². The van der Waals surface area contributed by atoms with Gasteiger partial charge in [-0.2, -0.15) is 0 Å². The fourth-order valence-electron chi connectivity index (χ4n) is 2.11. The Balaban J connectivity index is 2.43. The first-order valence-corrected chi connectivity index (χ1v) is 6.75. The molecule has 1 aliphatic heterocycles. The van der Waals surface area contributed by atoms with E-state index in [9.17, 15) is 4.79 Å². The lowest BCUT2D eigenvalue weighted by atomic mass is 10.2. The highest BCUT2D eigenvalue weighted by atomic mass is 16.6. The third kappa shape index (κ3) is 4.82. The van der Waals surface area contributed by atoms with E-state index in [0.717, 1.165) is 39.1 Å². The van der Waals surface area contributed by atoms with Crippen LogP contribution in [0, 0.1) is 0 Å². The highest BCUT2D eigenvalue weighted by Gasteiger charge is 2.29. The quantitative estimate of drug-likeness (QED) is 0.827. The standard InChI is InChI=1S/C13H27N3O2/c1-11-10-16(12(17)18-13(2,3)4)9-8-15(11)7-5-6-14/h11H,5-10,14H2,1-4H3. The Morgan fingerprint density at radius 2 is 2.06 bits per heavy atom. The van der Waals surface area contributed by atoms with Crippen molar-refractivity contribution >= 4 is 6.09 Å². The van der Waals surface area contributed by atoms with Gasteiger partial charge in [0.1, 0.15) is 5.60 Å². The van der Waals surface area contributed by atoms with Crippen LogP contribution in [0.5, 0.6) is 0 Å². The van der Waals surface area contributed by atoms with E-state index in [4.69, 9.17) is 10.5 Å². The molecule has 1 saturated heterocycles. The topological polar surface area (TPSA) is 58.8 Å². The van der Waals surface area contributed by atoms with Crippen molar-refractivity contribution in [3.8, 4) is 0 Å². The molecule has 0 saturated carbocycles. The summed E-state index contributed by atoms with van der Waals surface area (Å²) in [6, 6.07) is 0.373. The number of amides is 1. The maximum atomic E-state index is 11.9. The van der Waals surface area contributed by atoms with E-state index in [2.05, 4.69) is 11.8 Å². The molecule has 1 amide bonds. The zero-order valence-corrected chi connectivity index (χ0v) is 12.1. The molecule has 5 heteroatoms. The lowest BCUT2D eigenvalue weighted by molar-refractivity contribution is 0.00577. The predicted octanol–water partition coefficient (Wildman–Crippen LogP) is 1.28. The number of carbonyl (C=O) groups is 1. The maximum absolute atomic E-state index is 11.9. The van der Waals surface area contributed by atoms with Gasteiger partial charge in [-0.15, -0.1) is 0 Å². The van der Waals surface area contributed by atoms with Gasteiger partial charge in [0.25, 0.3) is 0 Å². The predicted molar refractivity (Wildman–Crippen MR) is 72.5 cm³/mol. The van der Waals surface area contributed by atoms with Crippen LogP contribution in [0.4, 0.5) is 4.79 Å². The van der Waals surface area contributed by atoms with Gasteiger partial charge in [0, 0.05) is 25.7 Å². The molecule has 18 heavy (non-hydrogen) atoms. The zero-order valence-electron chi connectivity index (χ0n) is 12.1. The van der Waals surface area contributed by atoms with Gasteiger partial charge < -0.3 is 15.4 Å². The van der Waals surface area contributed by atoms with Crippen LogP contribution in [-0.4, -0.2) is 60.3 Å². The Morgan fingerprint density at radius 1 is 1.39 bits per heavy atom. The molecule has 5 nitrogen and oxygen atoms in total. The lowest BCUT2D eigenvalue weighted by Gasteiger charge is -2.40. The molecule has 1 fully saturated rings. The van der Waals surface area contributed by atoms with Gasteiger partial charge in [-0.25, -0.2) is 4.79 Å². The summed E-state index contributed by atoms with van der Waals surface area (Å²) in [7, 11) is 0. The first-order chi connectivity index (χ1) is 8.33. The number of carbonyl (C=O) groups excluding carboxylic acids is 1. The third-order valence-corrected chi connectivity index (χ3v) is 3.07. The number of piperazine rings is 1. The summed E-state index contributed by atoms with van der Waals surface area (Å²) in [4.78, 5) is 16.1. The second-order valence-corrected chi connectivity index (χ2v) is 5.95. The van der Waals surface area contributed by atoms with E-state index >= 15 is 0 Å². The first kappa shape index (κ1) is 15.2. The number of rotatable bonds is 3. The monoisotopic (exact) mass is 257 g/mol. The van der Waals surface area contributed by atoms with Crippen LogP contribution in [0.1, 0.15) is 34.1 Å². The first-order valence-electron chi connectivity index (χ1n) is 6.75. The van der Waals surface area contributed by atoms with Crippen LogP contribution >= 0.6 is 0 Å². The average Bonchev–Trinajstić information content (AvgIpc) is 2.25. The van der Waals surface area contributed by atoms with Gasteiger partial charge >= 0.3 is 6.09 Å². The molecule has 0 aromatic rings. The van der Waals surface area contributed by atoms with Crippen molar-refractivity contribution < 1.29 is 9.53 Å². The van der Waals surface area contributed by atoms with Crippen molar-refractivity contribution in [1.29, 1.82) is 0 Å². The normalized spacial score (nSPS) is 22.1. The van der Waals surface area contributed by atoms with E-state index in [-0.39, 0.29) is 6.09 Å². The van der Waals surface area contributed by atoms with Crippen molar-refractivity contribution in [2.24, 2.45) is 5.73 Å². The SMILES string of the molecule is CC1CN(C(=O)OC(C)(C)C)CCN1CCCN. The van der Waals surface area contributed by atoms with Crippen LogP contribution < -0.4 is 5.73 Å². The molecule has 2 N–H and O–H groups in total. The molecule has 0 spiro atoms. The number of hydrogen-bond acceptors (Lipinski definition) is 4. The minimum absolute atomic E-state index is 0.201. The van der Waals surface area contributed by atoms with E-state index in [1.165, 1.54) is 0 Å². The summed E-state index contributed by atoms with van der Waals surface area (Å²) in [6.07, 6.45) is 0.810. The van der Waals surface area contributed by atoms with E-state index in [0.29, 0.717) is 6.04 Å². The smallest absolute Gasteiger partial charge is 0.410 e. The van der Waals surface area contributed by atoms with E-state index < -0.39 is 5.60 Å². The fourth-order valence-corrected chi connectivity index (χ4v) is 2.11. The highest BCUT2D eigenvalue weighted by Crippen LogP contribution is 2.14. The van der Waals surface area contributed by atoms with Crippen molar-refractivity contribution in [3.63, 3.8) is 0 Å². The molecule has 1 aliphatic rings. The molecule has 1 heterocycles. The molecule has 0 aromatic heterocycles. The Bertz CT molecular complexity index is 276. The van der Waals surface area contributed by atoms with Gasteiger partial charge in [-0.1, -0.05) is 0 Å². The molecule has 1 rings (SSSR count). The molecule has 0 radical (unpaired) electrons. The Labute approximate surface area is 110 Å². The van der Waals surface area contributed by atoms with Gasteiger partial charge in [0.15, 0.2) is 0 Å². The number of ether oxygens (including phenoxy) is 1. The second kappa shape index (κ2) is 6.38.